The second-order valence-corrected chi connectivity index (χ2v) is 2.01. The van der Waals surface area contributed by atoms with Crippen LogP contribution in [0.1, 0.15) is 6.92 Å². The average molecular weight is 153 g/mol. The monoisotopic (exact) mass is 153 g/mol. The highest BCUT2D eigenvalue weighted by Crippen LogP contribution is 2.25. The van der Waals surface area contributed by atoms with Gasteiger partial charge in [-0.15, -0.1) is 0 Å². The maximum atomic E-state index is 11.7. The summed E-state index contributed by atoms with van der Waals surface area (Å²) < 4.78 is 39.6. The first-order valence-corrected chi connectivity index (χ1v) is 2.74. The molecule has 0 bridgehead atoms. The average Bonchev–Trinajstić information content (AvgIpc) is 2.11. The molecular weight excluding hydrogens is 147 g/mol. The molecule has 0 aromatic heterocycles. The lowest BCUT2D eigenvalue weighted by Gasteiger charge is -2.12. The van der Waals surface area contributed by atoms with E-state index >= 15 is 0 Å². The predicted molar refractivity (Wildman–Crippen MR) is 28.9 cm³/mol. The van der Waals surface area contributed by atoms with Crippen molar-refractivity contribution in [2.45, 2.75) is 19.2 Å². The highest BCUT2D eigenvalue weighted by Gasteiger charge is 2.43. The van der Waals surface area contributed by atoms with Crippen molar-refractivity contribution in [2.24, 2.45) is 4.99 Å². The number of hydrogen-bond donors (Lipinski definition) is 0. The number of halogens is 3. The summed E-state index contributed by atoms with van der Waals surface area (Å²) in [7, 11) is 0. The maximum Gasteiger partial charge on any atom is 0.427 e. The molecule has 58 valence electrons. The van der Waals surface area contributed by atoms with Crippen LogP contribution in [0.15, 0.2) is 4.99 Å². The second-order valence-electron chi connectivity index (χ2n) is 2.01. The largest absolute Gasteiger partial charge is 0.466 e. The van der Waals surface area contributed by atoms with Crippen LogP contribution in [0.2, 0.25) is 0 Å². The number of nitrogens with zero attached hydrogens (tertiary/aromatic N) is 1. The molecular formula is C5H6F3NO. The van der Waals surface area contributed by atoms with Crippen molar-refractivity contribution >= 4 is 5.90 Å². The minimum atomic E-state index is -4.28. The van der Waals surface area contributed by atoms with Gasteiger partial charge in [-0.2, -0.15) is 13.2 Å². The first-order valence-electron chi connectivity index (χ1n) is 2.74. The van der Waals surface area contributed by atoms with Crippen LogP contribution < -0.4 is 0 Å². The minimum Gasteiger partial charge on any atom is -0.466 e. The Morgan fingerprint density at radius 3 is 2.40 bits per heavy atom. The van der Waals surface area contributed by atoms with E-state index in [0.29, 0.717) is 0 Å². The van der Waals surface area contributed by atoms with Crippen molar-refractivity contribution in [3.63, 3.8) is 0 Å². The molecule has 2 nitrogen and oxygen atoms in total. The van der Waals surface area contributed by atoms with Crippen LogP contribution in [0.4, 0.5) is 13.2 Å². The first-order chi connectivity index (χ1) is 4.50. The van der Waals surface area contributed by atoms with Gasteiger partial charge >= 0.3 is 6.18 Å². The van der Waals surface area contributed by atoms with E-state index in [0.717, 1.165) is 0 Å². The molecule has 0 N–H and O–H groups in total. The van der Waals surface area contributed by atoms with Gasteiger partial charge in [-0.3, -0.25) is 4.99 Å². The van der Waals surface area contributed by atoms with Crippen LogP contribution in [0.25, 0.3) is 0 Å². The summed E-state index contributed by atoms with van der Waals surface area (Å²) in [5.41, 5.74) is 0. The van der Waals surface area contributed by atoms with Gasteiger partial charge in [-0.25, -0.2) is 0 Å². The molecule has 0 amide bonds. The van der Waals surface area contributed by atoms with Gasteiger partial charge in [-0.05, 0) is 0 Å². The summed E-state index contributed by atoms with van der Waals surface area (Å²) in [5.74, 6) is 0.113. The SMILES string of the molecule is CC1=NCC(C(F)(F)F)O1. The number of rotatable bonds is 0. The number of ether oxygens (including phenoxy) is 1. The molecule has 0 saturated carbocycles. The van der Waals surface area contributed by atoms with Gasteiger partial charge < -0.3 is 4.74 Å². The molecule has 0 radical (unpaired) electrons. The Labute approximate surface area is 55.7 Å². The number of alkyl halides is 3. The molecule has 0 aromatic carbocycles. The molecule has 0 fully saturated rings. The Hall–Kier alpha value is -0.740. The third kappa shape index (κ3) is 1.40. The van der Waals surface area contributed by atoms with E-state index in [1.54, 1.807) is 0 Å². The molecule has 1 heterocycles. The van der Waals surface area contributed by atoms with E-state index in [1.807, 2.05) is 0 Å². The predicted octanol–water partition coefficient (Wildman–Crippen LogP) is 1.37. The van der Waals surface area contributed by atoms with Gasteiger partial charge in [0.2, 0.25) is 6.10 Å². The van der Waals surface area contributed by atoms with Crippen LogP contribution in [-0.2, 0) is 4.74 Å². The quantitative estimate of drug-likeness (QED) is 0.515. The summed E-state index contributed by atoms with van der Waals surface area (Å²) in [6.07, 6.45) is -5.99. The van der Waals surface area contributed by atoms with Gasteiger partial charge in [-0.1, -0.05) is 0 Å². The van der Waals surface area contributed by atoms with E-state index in [-0.39, 0.29) is 12.4 Å². The van der Waals surface area contributed by atoms with E-state index in [1.165, 1.54) is 6.92 Å². The van der Waals surface area contributed by atoms with Gasteiger partial charge in [0.1, 0.15) is 0 Å². The minimum absolute atomic E-state index is 0.113. The zero-order valence-electron chi connectivity index (χ0n) is 5.27. The lowest BCUT2D eigenvalue weighted by Crippen LogP contribution is -2.31. The molecule has 1 atom stereocenters. The van der Waals surface area contributed by atoms with E-state index < -0.39 is 12.3 Å². The van der Waals surface area contributed by atoms with Crippen molar-refractivity contribution in [3.8, 4) is 0 Å². The van der Waals surface area contributed by atoms with Crippen LogP contribution in [0.5, 0.6) is 0 Å². The van der Waals surface area contributed by atoms with Crippen molar-refractivity contribution in [3.05, 3.63) is 0 Å². The summed E-state index contributed by atoms with van der Waals surface area (Å²) in [5, 5.41) is 0. The normalized spacial score (nSPS) is 26.0. The molecule has 0 saturated heterocycles. The third-order valence-electron chi connectivity index (χ3n) is 1.16. The standard InChI is InChI=1S/C5H6F3NO/c1-3-9-2-4(10-3)5(6,7)8/h4H,2H2,1H3. The zero-order chi connectivity index (χ0) is 7.78. The van der Waals surface area contributed by atoms with Gasteiger partial charge in [0, 0.05) is 6.92 Å². The fraction of sp³-hybridized carbons (Fsp3) is 0.800. The molecule has 1 unspecified atom stereocenters. The number of hydrogen-bond acceptors (Lipinski definition) is 2. The molecule has 5 heteroatoms. The van der Waals surface area contributed by atoms with E-state index in [4.69, 9.17) is 0 Å². The van der Waals surface area contributed by atoms with Crippen molar-refractivity contribution in [2.75, 3.05) is 6.54 Å². The summed E-state index contributed by atoms with van der Waals surface area (Å²) in [6.45, 7) is 1.11. The Balaban J connectivity index is 2.50. The molecule has 0 aliphatic carbocycles. The molecule has 1 aliphatic heterocycles. The summed E-state index contributed by atoms with van der Waals surface area (Å²) in [6, 6.07) is 0. The Morgan fingerprint density at radius 2 is 2.20 bits per heavy atom. The lowest BCUT2D eigenvalue weighted by molar-refractivity contribution is -0.190. The van der Waals surface area contributed by atoms with Gasteiger partial charge in [0.05, 0.1) is 6.54 Å². The van der Waals surface area contributed by atoms with Crippen molar-refractivity contribution in [1.29, 1.82) is 0 Å². The number of aliphatic imine (C=N–C) groups is 1. The van der Waals surface area contributed by atoms with Crippen LogP contribution >= 0.6 is 0 Å². The smallest absolute Gasteiger partial charge is 0.427 e. The molecule has 1 aliphatic rings. The zero-order valence-corrected chi connectivity index (χ0v) is 5.27. The molecule has 10 heavy (non-hydrogen) atoms. The Bertz CT molecular complexity index is 163. The summed E-state index contributed by atoms with van der Waals surface area (Å²) >= 11 is 0. The van der Waals surface area contributed by atoms with Crippen LogP contribution in [-0.4, -0.2) is 24.7 Å². The maximum absolute atomic E-state index is 11.7. The highest BCUT2D eigenvalue weighted by molar-refractivity contribution is 5.74. The molecule has 0 spiro atoms. The fourth-order valence-electron chi connectivity index (χ4n) is 0.662. The molecule has 0 aromatic rings. The molecule has 1 rings (SSSR count). The van der Waals surface area contributed by atoms with Crippen LogP contribution in [0.3, 0.4) is 0 Å². The van der Waals surface area contributed by atoms with E-state index in [9.17, 15) is 13.2 Å². The third-order valence-corrected chi connectivity index (χ3v) is 1.16. The van der Waals surface area contributed by atoms with Gasteiger partial charge in [0.15, 0.2) is 5.90 Å². The van der Waals surface area contributed by atoms with Crippen molar-refractivity contribution in [1.82, 2.24) is 0 Å². The topological polar surface area (TPSA) is 21.6 Å². The van der Waals surface area contributed by atoms with Gasteiger partial charge in [0.25, 0.3) is 0 Å². The second kappa shape index (κ2) is 2.14. The Kier molecular flexibility index (Phi) is 1.58. The summed E-state index contributed by atoms with van der Waals surface area (Å²) in [4.78, 5) is 3.46. The Morgan fingerprint density at radius 1 is 1.60 bits per heavy atom. The van der Waals surface area contributed by atoms with Crippen LogP contribution in [0, 0.1) is 0 Å². The first kappa shape index (κ1) is 7.37. The lowest BCUT2D eigenvalue weighted by atomic mass is 10.4. The van der Waals surface area contributed by atoms with E-state index in [2.05, 4.69) is 9.73 Å². The highest BCUT2D eigenvalue weighted by atomic mass is 19.4. The van der Waals surface area contributed by atoms with Crippen molar-refractivity contribution < 1.29 is 17.9 Å². The fourth-order valence-corrected chi connectivity index (χ4v) is 0.662.